The molecular weight excluding hydrogens is 260 g/mol. The van der Waals surface area contributed by atoms with Crippen molar-refractivity contribution in [3.8, 4) is 5.75 Å². The maximum atomic E-state index is 12.3. The molecule has 0 saturated heterocycles. The van der Waals surface area contributed by atoms with Gasteiger partial charge in [-0.3, -0.25) is 4.79 Å². The minimum absolute atomic E-state index is 0.127. The van der Waals surface area contributed by atoms with Gasteiger partial charge in [-0.15, -0.1) is 0 Å². The molecule has 2 nitrogen and oxygen atoms in total. The van der Waals surface area contributed by atoms with E-state index in [9.17, 15) is 4.79 Å². The van der Waals surface area contributed by atoms with Gasteiger partial charge in [-0.05, 0) is 55.4 Å². The Morgan fingerprint density at radius 3 is 2.48 bits per heavy atom. The second-order valence-electron chi connectivity index (χ2n) is 7.09. The molecule has 2 saturated carbocycles. The lowest BCUT2D eigenvalue weighted by Crippen LogP contribution is -2.56. The first-order valence-corrected chi connectivity index (χ1v) is 8.60. The van der Waals surface area contributed by atoms with Crippen LogP contribution in [0.3, 0.4) is 0 Å². The summed E-state index contributed by atoms with van der Waals surface area (Å²) in [6, 6.07) is 6.55. The van der Waals surface area contributed by atoms with Crippen LogP contribution in [-0.2, 0) is 17.6 Å². The molecule has 0 bridgehead atoms. The van der Waals surface area contributed by atoms with Crippen LogP contribution in [0.2, 0.25) is 0 Å². The number of carbonyl (C=O) groups excluding carboxylic acids is 1. The molecule has 0 heterocycles. The van der Waals surface area contributed by atoms with E-state index in [1.807, 2.05) is 0 Å². The highest BCUT2D eigenvalue weighted by Gasteiger charge is 2.55. The van der Waals surface area contributed by atoms with Gasteiger partial charge in [0.15, 0.2) is 0 Å². The maximum absolute atomic E-state index is 12.3. The number of hydrogen-bond donors (Lipinski definition) is 0. The van der Waals surface area contributed by atoms with E-state index in [1.165, 1.54) is 56.1 Å². The summed E-state index contributed by atoms with van der Waals surface area (Å²) in [6.07, 6.45) is 11.4. The van der Waals surface area contributed by atoms with E-state index in [4.69, 9.17) is 4.74 Å². The summed E-state index contributed by atoms with van der Waals surface area (Å²) in [5.41, 5.74) is 2.79. The molecule has 3 aliphatic carbocycles. The van der Waals surface area contributed by atoms with Crippen LogP contribution in [0.1, 0.15) is 62.5 Å². The Bertz CT molecular complexity index is 553. The zero-order chi connectivity index (χ0) is 14.3. The van der Waals surface area contributed by atoms with Crippen molar-refractivity contribution in [2.75, 3.05) is 0 Å². The van der Waals surface area contributed by atoms with E-state index >= 15 is 0 Å². The predicted octanol–water partition coefficient (Wildman–Crippen LogP) is 4.24. The number of ether oxygens (including phenoxy) is 1. The van der Waals surface area contributed by atoms with Gasteiger partial charge >= 0.3 is 0 Å². The summed E-state index contributed by atoms with van der Waals surface area (Å²) in [4.78, 5) is 12.3. The number of hydrogen-bond acceptors (Lipinski definition) is 2. The summed E-state index contributed by atoms with van der Waals surface area (Å²) in [5.74, 6) is 1.44. The number of carbonyl (C=O) groups is 1. The van der Waals surface area contributed by atoms with Gasteiger partial charge in [0.05, 0.1) is 5.41 Å². The van der Waals surface area contributed by atoms with Crippen molar-refractivity contribution in [1.29, 1.82) is 0 Å². The molecule has 0 aliphatic heterocycles. The summed E-state index contributed by atoms with van der Waals surface area (Å²) in [6.45, 7) is 0. The molecule has 21 heavy (non-hydrogen) atoms. The molecule has 4 rings (SSSR count). The number of aryl methyl sites for hydroxylation is 2. The summed E-state index contributed by atoms with van der Waals surface area (Å²) in [5, 5.41) is 0. The lowest BCUT2D eigenvalue weighted by molar-refractivity contribution is -0.154. The summed E-state index contributed by atoms with van der Waals surface area (Å²) >= 11 is 0. The first-order chi connectivity index (χ1) is 10.3. The van der Waals surface area contributed by atoms with Crippen molar-refractivity contribution in [3.05, 3.63) is 29.3 Å². The largest absolute Gasteiger partial charge is 0.489 e. The van der Waals surface area contributed by atoms with Gasteiger partial charge in [-0.25, -0.2) is 0 Å². The van der Waals surface area contributed by atoms with Gasteiger partial charge < -0.3 is 4.74 Å². The lowest BCUT2D eigenvalue weighted by Gasteiger charge is -2.47. The van der Waals surface area contributed by atoms with Crippen LogP contribution in [0.15, 0.2) is 18.2 Å². The second kappa shape index (κ2) is 5.15. The highest BCUT2D eigenvalue weighted by molar-refractivity contribution is 5.92. The van der Waals surface area contributed by atoms with Crippen LogP contribution in [0.4, 0.5) is 0 Å². The molecule has 1 aromatic rings. The molecule has 0 aromatic heterocycles. The van der Waals surface area contributed by atoms with E-state index in [-0.39, 0.29) is 11.5 Å². The molecule has 1 atom stereocenters. The molecule has 0 radical (unpaired) electrons. The molecule has 2 heteroatoms. The van der Waals surface area contributed by atoms with Gasteiger partial charge in [0.25, 0.3) is 0 Å². The molecule has 1 aromatic carbocycles. The zero-order valence-electron chi connectivity index (χ0n) is 12.7. The monoisotopic (exact) mass is 284 g/mol. The number of Topliss-reactive ketones (excluding diaryl/α,β-unsaturated/α-hetero) is 1. The molecule has 0 amide bonds. The van der Waals surface area contributed by atoms with Crippen molar-refractivity contribution >= 4 is 5.78 Å². The minimum Gasteiger partial charge on any atom is -0.489 e. The molecule has 2 fully saturated rings. The fourth-order valence-corrected chi connectivity index (χ4v) is 4.52. The third-order valence-electron chi connectivity index (χ3n) is 5.89. The van der Waals surface area contributed by atoms with E-state index < -0.39 is 0 Å². The summed E-state index contributed by atoms with van der Waals surface area (Å²) in [7, 11) is 0. The Morgan fingerprint density at radius 2 is 1.71 bits per heavy atom. The number of fused-ring (bicyclic) bond motifs is 1. The first kappa shape index (κ1) is 13.4. The van der Waals surface area contributed by atoms with Crippen molar-refractivity contribution < 1.29 is 9.53 Å². The van der Waals surface area contributed by atoms with Crippen LogP contribution >= 0.6 is 0 Å². The van der Waals surface area contributed by atoms with Crippen molar-refractivity contribution in [2.24, 2.45) is 5.41 Å². The van der Waals surface area contributed by atoms with Crippen molar-refractivity contribution in [2.45, 2.75) is 70.3 Å². The molecule has 3 aliphatic rings. The lowest BCUT2D eigenvalue weighted by atomic mass is 9.60. The van der Waals surface area contributed by atoms with Crippen LogP contribution < -0.4 is 4.74 Å². The third-order valence-corrected chi connectivity index (χ3v) is 5.89. The molecular formula is C19H24O2. The minimum atomic E-state index is -0.143. The molecule has 0 N–H and O–H groups in total. The fraction of sp³-hybridized carbons (Fsp3) is 0.632. The Balaban J connectivity index is 1.52. The Labute approximate surface area is 126 Å². The van der Waals surface area contributed by atoms with Crippen LogP contribution in [0, 0.1) is 5.41 Å². The van der Waals surface area contributed by atoms with E-state index in [2.05, 4.69) is 18.2 Å². The fourth-order valence-electron chi connectivity index (χ4n) is 4.52. The van der Waals surface area contributed by atoms with Crippen molar-refractivity contribution in [3.63, 3.8) is 0 Å². The average molecular weight is 284 g/mol. The molecule has 1 unspecified atom stereocenters. The SMILES string of the molecule is O=C1CC(Oc2ccc3c(c2)CCC3)C12CCCCCC2. The zero-order valence-corrected chi connectivity index (χ0v) is 12.7. The Hall–Kier alpha value is -1.31. The number of rotatable bonds is 2. The van der Waals surface area contributed by atoms with E-state index in [0.717, 1.165) is 18.6 Å². The van der Waals surface area contributed by atoms with E-state index in [0.29, 0.717) is 12.2 Å². The van der Waals surface area contributed by atoms with Gasteiger partial charge in [0.1, 0.15) is 17.6 Å². The number of ketones is 1. The van der Waals surface area contributed by atoms with Crippen molar-refractivity contribution in [1.82, 2.24) is 0 Å². The first-order valence-electron chi connectivity index (χ1n) is 8.60. The predicted molar refractivity (Wildman–Crippen MR) is 82.6 cm³/mol. The summed E-state index contributed by atoms with van der Waals surface area (Å²) < 4.78 is 6.27. The Morgan fingerprint density at radius 1 is 0.952 bits per heavy atom. The smallest absolute Gasteiger partial charge is 0.146 e. The topological polar surface area (TPSA) is 26.3 Å². The second-order valence-corrected chi connectivity index (χ2v) is 7.09. The highest BCUT2D eigenvalue weighted by Crippen LogP contribution is 2.49. The molecule has 112 valence electrons. The average Bonchev–Trinajstić information content (AvgIpc) is 2.79. The Kier molecular flexibility index (Phi) is 3.28. The maximum Gasteiger partial charge on any atom is 0.146 e. The standard InChI is InChI=1S/C19H24O2/c20-17-13-18(19(17)10-3-1-2-4-11-19)21-16-9-8-14-6-5-7-15(14)12-16/h8-9,12,18H,1-7,10-11,13H2. The van der Waals surface area contributed by atoms with Gasteiger partial charge in [0, 0.05) is 6.42 Å². The third kappa shape index (κ3) is 2.20. The van der Waals surface area contributed by atoms with Crippen LogP contribution in [0.5, 0.6) is 5.75 Å². The normalized spacial score (nSPS) is 27.0. The van der Waals surface area contributed by atoms with Crippen LogP contribution in [0.25, 0.3) is 0 Å². The van der Waals surface area contributed by atoms with Gasteiger partial charge in [-0.2, -0.15) is 0 Å². The van der Waals surface area contributed by atoms with Crippen LogP contribution in [-0.4, -0.2) is 11.9 Å². The van der Waals surface area contributed by atoms with Gasteiger partial charge in [-0.1, -0.05) is 31.7 Å². The van der Waals surface area contributed by atoms with Gasteiger partial charge in [0.2, 0.25) is 0 Å². The quantitative estimate of drug-likeness (QED) is 0.812. The molecule has 1 spiro atoms. The number of benzene rings is 1. The van der Waals surface area contributed by atoms with E-state index in [1.54, 1.807) is 0 Å². The highest BCUT2D eigenvalue weighted by atomic mass is 16.5.